The number of piperidine rings is 1. The standard InChI is InChI=1S/C20H26I3NO4/c1-19(2,3)28-18(26)24-8-6-12(7-9-24)20(4,5)27-17(25)14-10-13(21)11-15(22)16(14)23/h10-12H,6-9H2,1-5H3. The fourth-order valence-corrected chi connectivity index (χ4v) is 5.54. The van der Waals surface area contributed by atoms with Gasteiger partial charge in [-0.2, -0.15) is 0 Å². The van der Waals surface area contributed by atoms with Gasteiger partial charge < -0.3 is 14.4 Å². The van der Waals surface area contributed by atoms with E-state index in [-0.39, 0.29) is 18.0 Å². The maximum Gasteiger partial charge on any atom is 0.410 e. The molecule has 0 radical (unpaired) electrons. The fourth-order valence-electron chi connectivity index (χ4n) is 3.17. The molecule has 0 aromatic heterocycles. The minimum Gasteiger partial charge on any atom is -0.456 e. The Labute approximate surface area is 208 Å². The molecule has 0 aliphatic carbocycles. The zero-order valence-electron chi connectivity index (χ0n) is 16.8. The summed E-state index contributed by atoms with van der Waals surface area (Å²) in [5.41, 5.74) is -0.492. The topological polar surface area (TPSA) is 55.8 Å². The lowest BCUT2D eigenvalue weighted by Crippen LogP contribution is -2.47. The van der Waals surface area contributed by atoms with Crippen LogP contribution in [0.5, 0.6) is 0 Å². The van der Waals surface area contributed by atoms with Crippen LogP contribution >= 0.6 is 67.8 Å². The second-order valence-electron chi connectivity index (χ2n) is 8.48. The number of benzene rings is 1. The number of rotatable bonds is 3. The normalized spacial score (nSPS) is 16.1. The predicted molar refractivity (Wildman–Crippen MR) is 135 cm³/mol. The van der Waals surface area contributed by atoms with E-state index >= 15 is 0 Å². The molecule has 1 aromatic carbocycles. The maximum absolute atomic E-state index is 12.8. The first kappa shape index (κ1) is 24.4. The zero-order chi connectivity index (χ0) is 21.3. The van der Waals surface area contributed by atoms with Crippen LogP contribution in [0.2, 0.25) is 0 Å². The second kappa shape index (κ2) is 9.52. The molecule has 1 amide bonds. The highest BCUT2D eigenvalue weighted by Crippen LogP contribution is 2.33. The largest absolute Gasteiger partial charge is 0.456 e. The van der Waals surface area contributed by atoms with Gasteiger partial charge in [0.05, 0.1) is 5.56 Å². The Balaban J connectivity index is 2.01. The predicted octanol–water partition coefficient (Wildman–Crippen LogP) is 6.08. The second-order valence-corrected chi connectivity index (χ2v) is 12.0. The van der Waals surface area contributed by atoms with Crippen molar-refractivity contribution in [1.82, 2.24) is 4.90 Å². The molecule has 156 valence electrons. The lowest BCUT2D eigenvalue weighted by atomic mass is 9.83. The van der Waals surface area contributed by atoms with Crippen LogP contribution in [0.1, 0.15) is 57.8 Å². The van der Waals surface area contributed by atoms with Gasteiger partial charge in [0, 0.05) is 29.7 Å². The summed E-state index contributed by atoms with van der Waals surface area (Å²) in [6, 6.07) is 3.91. The number of amides is 1. The van der Waals surface area contributed by atoms with E-state index in [1.54, 1.807) is 4.90 Å². The molecule has 0 atom stereocenters. The molecule has 1 saturated heterocycles. The molecule has 0 unspecified atom stereocenters. The van der Waals surface area contributed by atoms with Crippen molar-refractivity contribution < 1.29 is 19.1 Å². The average molecular weight is 725 g/mol. The number of carbonyl (C=O) groups excluding carboxylic acids is 2. The summed E-state index contributed by atoms with van der Waals surface area (Å²) in [5.74, 6) is -0.102. The summed E-state index contributed by atoms with van der Waals surface area (Å²) < 4.78 is 14.4. The quantitative estimate of drug-likeness (QED) is 0.216. The van der Waals surface area contributed by atoms with Crippen molar-refractivity contribution in [3.63, 3.8) is 0 Å². The number of nitrogens with zero attached hydrogens (tertiary/aromatic N) is 1. The van der Waals surface area contributed by atoms with Gasteiger partial charge in [0.2, 0.25) is 0 Å². The van der Waals surface area contributed by atoms with E-state index in [2.05, 4.69) is 67.8 Å². The fraction of sp³-hybridized carbons (Fsp3) is 0.600. The molecule has 0 bridgehead atoms. The van der Waals surface area contributed by atoms with E-state index in [9.17, 15) is 9.59 Å². The van der Waals surface area contributed by atoms with E-state index in [0.717, 1.165) is 23.6 Å². The highest BCUT2D eigenvalue weighted by molar-refractivity contribution is 14.1. The van der Waals surface area contributed by atoms with E-state index in [1.165, 1.54) is 0 Å². The first-order valence-electron chi connectivity index (χ1n) is 9.16. The summed E-state index contributed by atoms with van der Waals surface area (Å²) in [7, 11) is 0. The van der Waals surface area contributed by atoms with Crippen LogP contribution in [0, 0.1) is 16.6 Å². The van der Waals surface area contributed by atoms with Crippen molar-refractivity contribution in [2.75, 3.05) is 13.1 Å². The Hall–Kier alpha value is 0.150. The monoisotopic (exact) mass is 725 g/mol. The molecular formula is C20H26I3NO4. The molecule has 1 aliphatic rings. The van der Waals surface area contributed by atoms with Gasteiger partial charge in [-0.25, -0.2) is 9.59 Å². The Morgan fingerprint density at radius 1 is 1.00 bits per heavy atom. The molecule has 1 aromatic rings. The van der Waals surface area contributed by atoms with Crippen molar-refractivity contribution in [3.8, 4) is 0 Å². The highest BCUT2D eigenvalue weighted by Gasteiger charge is 2.38. The van der Waals surface area contributed by atoms with Crippen LogP contribution in [0.25, 0.3) is 0 Å². The van der Waals surface area contributed by atoms with Crippen LogP contribution in [0.4, 0.5) is 4.79 Å². The van der Waals surface area contributed by atoms with Crippen LogP contribution in [0.3, 0.4) is 0 Å². The number of esters is 1. The summed E-state index contributed by atoms with van der Waals surface area (Å²) >= 11 is 6.64. The molecule has 1 aliphatic heterocycles. The molecule has 2 rings (SSSR count). The number of halogens is 3. The molecule has 5 nitrogen and oxygen atoms in total. The molecule has 1 heterocycles. The van der Waals surface area contributed by atoms with Crippen molar-refractivity contribution in [1.29, 1.82) is 0 Å². The van der Waals surface area contributed by atoms with Crippen LogP contribution in [-0.2, 0) is 9.47 Å². The third-order valence-electron chi connectivity index (χ3n) is 4.70. The minimum atomic E-state index is -0.604. The first-order chi connectivity index (χ1) is 12.8. The molecule has 8 heteroatoms. The minimum absolute atomic E-state index is 0.189. The molecule has 0 saturated carbocycles. The molecular weight excluding hydrogens is 699 g/mol. The number of likely N-dealkylation sites (tertiary alicyclic amines) is 1. The molecule has 0 N–H and O–H groups in total. The maximum atomic E-state index is 12.8. The van der Waals surface area contributed by atoms with Gasteiger partial charge in [-0.1, -0.05) is 0 Å². The summed E-state index contributed by atoms with van der Waals surface area (Å²) in [6.45, 7) is 10.8. The third-order valence-corrected chi connectivity index (χ3v) is 8.37. The lowest BCUT2D eigenvalue weighted by molar-refractivity contribution is -0.0478. The SMILES string of the molecule is CC(C)(C)OC(=O)N1CCC(C(C)(C)OC(=O)c2cc(I)cc(I)c2I)CC1. The highest BCUT2D eigenvalue weighted by atomic mass is 127. The summed E-state index contributed by atoms with van der Waals surface area (Å²) in [5, 5.41) is 0. The number of ether oxygens (including phenoxy) is 2. The van der Waals surface area contributed by atoms with Crippen molar-refractivity contribution >= 4 is 79.8 Å². The first-order valence-corrected chi connectivity index (χ1v) is 12.4. The molecule has 0 spiro atoms. The zero-order valence-corrected chi connectivity index (χ0v) is 23.2. The van der Waals surface area contributed by atoms with E-state index in [0.29, 0.717) is 18.7 Å². The van der Waals surface area contributed by atoms with Gasteiger partial charge in [0.1, 0.15) is 11.2 Å². The van der Waals surface area contributed by atoms with Crippen LogP contribution < -0.4 is 0 Å². The van der Waals surface area contributed by atoms with Gasteiger partial charge >= 0.3 is 12.1 Å². The van der Waals surface area contributed by atoms with E-state index in [4.69, 9.17) is 9.47 Å². The van der Waals surface area contributed by atoms with Gasteiger partial charge in [0.25, 0.3) is 0 Å². The van der Waals surface area contributed by atoms with Crippen LogP contribution in [0.15, 0.2) is 12.1 Å². The van der Waals surface area contributed by atoms with E-state index < -0.39 is 11.2 Å². The lowest BCUT2D eigenvalue weighted by Gasteiger charge is -2.40. The van der Waals surface area contributed by atoms with Crippen LogP contribution in [-0.4, -0.2) is 41.3 Å². The Morgan fingerprint density at radius 3 is 2.11 bits per heavy atom. The molecule has 1 fully saturated rings. The van der Waals surface area contributed by atoms with Crippen molar-refractivity contribution in [3.05, 3.63) is 28.4 Å². The number of hydrogen-bond donors (Lipinski definition) is 0. The number of carbonyl (C=O) groups is 2. The van der Waals surface area contributed by atoms with Gasteiger partial charge in [0.15, 0.2) is 0 Å². The average Bonchev–Trinajstić information content (AvgIpc) is 2.56. The van der Waals surface area contributed by atoms with Gasteiger partial charge in [-0.15, -0.1) is 0 Å². The van der Waals surface area contributed by atoms with Crippen molar-refractivity contribution in [2.45, 2.75) is 58.7 Å². The molecule has 28 heavy (non-hydrogen) atoms. The van der Waals surface area contributed by atoms with E-state index in [1.807, 2.05) is 46.8 Å². The smallest absolute Gasteiger partial charge is 0.410 e. The van der Waals surface area contributed by atoms with Gasteiger partial charge in [-0.05, 0) is 127 Å². The Kier molecular flexibility index (Phi) is 8.31. The van der Waals surface area contributed by atoms with Gasteiger partial charge in [-0.3, -0.25) is 0 Å². The Bertz CT molecular complexity index is 751. The number of hydrogen-bond acceptors (Lipinski definition) is 4. The van der Waals surface area contributed by atoms with Crippen molar-refractivity contribution in [2.24, 2.45) is 5.92 Å². The Morgan fingerprint density at radius 2 is 1.57 bits per heavy atom. The summed E-state index contributed by atoms with van der Waals surface area (Å²) in [6.07, 6.45) is 1.28. The third kappa shape index (κ3) is 6.58. The summed E-state index contributed by atoms with van der Waals surface area (Å²) in [4.78, 5) is 26.8.